The van der Waals surface area contributed by atoms with Crippen LogP contribution in [0.3, 0.4) is 0 Å². The summed E-state index contributed by atoms with van der Waals surface area (Å²) in [5.74, 6) is -2.41. The number of imide groups is 1. The van der Waals surface area contributed by atoms with E-state index in [4.69, 9.17) is 16.3 Å². The van der Waals surface area contributed by atoms with Crippen LogP contribution in [0, 0.1) is 23.7 Å². The SMILES string of the molecule is CCOC(=O)c1cc(N2C(=O)[C@@H]3[C@@H](C2=O)[C@@H]2C=C[C@@H]3C2=C(c2ccccc2)c2ccccc2)ccc1Cl. The van der Waals surface area contributed by atoms with Crippen molar-refractivity contribution in [3.8, 4) is 0 Å². The molecule has 184 valence electrons. The van der Waals surface area contributed by atoms with Gasteiger partial charge in [-0.05, 0) is 47.4 Å². The molecule has 1 aliphatic heterocycles. The molecule has 0 spiro atoms. The van der Waals surface area contributed by atoms with Crippen LogP contribution in [-0.2, 0) is 14.3 Å². The van der Waals surface area contributed by atoms with Crippen molar-refractivity contribution in [2.24, 2.45) is 23.7 Å². The minimum absolute atomic E-state index is 0.135. The summed E-state index contributed by atoms with van der Waals surface area (Å²) in [5, 5.41) is 0.212. The minimum atomic E-state index is -0.587. The number of rotatable bonds is 5. The molecule has 0 unspecified atom stereocenters. The molecular formula is C31H24ClNO4. The van der Waals surface area contributed by atoms with E-state index in [1.165, 1.54) is 17.0 Å². The Bertz CT molecular complexity index is 1400. The van der Waals surface area contributed by atoms with Crippen molar-refractivity contribution in [2.45, 2.75) is 6.92 Å². The Morgan fingerprint density at radius 1 is 0.838 bits per heavy atom. The van der Waals surface area contributed by atoms with Crippen molar-refractivity contribution >= 4 is 40.6 Å². The highest BCUT2D eigenvalue weighted by atomic mass is 35.5. The molecule has 0 N–H and O–H groups in total. The topological polar surface area (TPSA) is 63.7 Å². The molecule has 3 aromatic rings. The van der Waals surface area contributed by atoms with Crippen molar-refractivity contribution in [2.75, 3.05) is 11.5 Å². The van der Waals surface area contributed by atoms with Crippen LogP contribution in [0.4, 0.5) is 5.69 Å². The second-order valence-electron chi connectivity index (χ2n) is 9.45. The van der Waals surface area contributed by atoms with E-state index in [2.05, 4.69) is 36.4 Å². The lowest BCUT2D eigenvalue weighted by molar-refractivity contribution is -0.122. The fourth-order valence-electron chi connectivity index (χ4n) is 6.08. The molecule has 1 saturated heterocycles. The predicted molar refractivity (Wildman–Crippen MR) is 142 cm³/mol. The van der Waals surface area contributed by atoms with Gasteiger partial charge in [-0.15, -0.1) is 0 Å². The second-order valence-corrected chi connectivity index (χ2v) is 9.85. The predicted octanol–water partition coefficient (Wildman–Crippen LogP) is 5.94. The molecule has 6 rings (SSSR count). The monoisotopic (exact) mass is 509 g/mol. The maximum atomic E-state index is 13.8. The first-order valence-electron chi connectivity index (χ1n) is 12.4. The van der Waals surface area contributed by atoms with E-state index in [0.29, 0.717) is 5.69 Å². The average Bonchev–Trinajstić information content (AvgIpc) is 3.55. The Hall–Kier alpha value is -3.96. The van der Waals surface area contributed by atoms with Gasteiger partial charge in [0.25, 0.3) is 0 Å². The van der Waals surface area contributed by atoms with E-state index in [-0.39, 0.29) is 40.8 Å². The molecule has 2 fully saturated rings. The van der Waals surface area contributed by atoms with E-state index < -0.39 is 17.8 Å². The Labute approximate surface area is 220 Å². The number of allylic oxidation sites excluding steroid dienone is 3. The maximum absolute atomic E-state index is 13.8. The highest BCUT2D eigenvalue weighted by Crippen LogP contribution is 2.58. The fraction of sp³-hybridized carbons (Fsp3) is 0.194. The number of benzene rings is 3. The number of carbonyl (C=O) groups excluding carboxylic acids is 3. The van der Waals surface area contributed by atoms with Crippen LogP contribution in [0.1, 0.15) is 28.4 Å². The first-order valence-corrected chi connectivity index (χ1v) is 12.8. The number of amides is 2. The molecule has 3 aromatic carbocycles. The molecule has 5 nitrogen and oxygen atoms in total. The summed E-state index contributed by atoms with van der Waals surface area (Å²) in [4.78, 5) is 41.2. The number of fused-ring (bicyclic) bond motifs is 5. The van der Waals surface area contributed by atoms with E-state index >= 15 is 0 Å². The number of ether oxygens (including phenoxy) is 1. The summed E-state index contributed by atoms with van der Waals surface area (Å²) in [6, 6.07) is 24.9. The Balaban J connectivity index is 1.43. The lowest BCUT2D eigenvalue weighted by atomic mass is 9.85. The number of esters is 1. The van der Waals surface area contributed by atoms with Crippen molar-refractivity contribution in [1.29, 1.82) is 0 Å². The lowest BCUT2D eigenvalue weighted by Gasteiger charge is -2.22. The summed E-state index contributed by atoms with van der Waals surface area (Å²) in [6.45, 7) is 1.90. The van der Waals surface area contributed by atoms with Crippen LogP contribution in [-0.4, -0.2) is 24.4 Å². The highest BCUT2D eigenvalue weighted by Gasteiger charge is 2.62. The molecule has 3 aliphatic rings. The van der Waals surface area contributed by atoms with Crippen LogP contribution in [0.15, 0.2) is 96.6 Å². The molecule has 0 radical (unpaired) electrons. The number of anilines is 1. The summed E-state index contributed by atoms with van der Waals surface area (Å²) in [6.07, 6.45) is 4.15. The number of hydrogen-bond donors (Lipinski definition) is 0. The molecule has 4 atom stereocenters. The molecule has 2 aliphatic carbocycles. The van der Waals surface area contributed by atoms with Gasteiger partial charge in [-0.25, -0.2) is 9.69 Å². The van der Waals surface area contributed by atoms with Gasteiger partial charge in [-0.1, -0.05) is 84.4 Å². The molecule has 2 amide bonds. The van der Waals surface area contributed by atoms with Gasteiger partial charge in [0.2, 0.25) is 11.8 Å². The first kappa shape index (κ1) is 23.4. The molecule has 1 saturated carbocycles. The molecular weight excluding hydrogens is 486 g/mol. The van der Waals surface area contributed by atoms with Gasteiger partial charge in [0.15, 0.2) is 0 Å². The number of hydrogen-bond acceptors (Lipinski definition) is 4. The summed E-state index contributed by atoms with van der Waals surface area (Å²) < 4.78 is 5.10. The van der Waals surface area contributed by atoms with Gasteiger partial charge in [0, 0.05) is 11.8 Å². The van der Waals surface area contributed by atoms with Crippen LogP contribution in [0.5, 0.6) is 0 Å². The van der Waals surface area contributed by atoms with Gasteiger partial charge in [0.05, 0.1) is 34.7 Å². The largest absolute Gasteiger partial charge is 0.462 e. The van der Waals surface area contributed by atoms with Gasteiger partial charge < -0.3 is 4.74 Å². The fourth-order valence-corrected chi connectivity index (χ4v) is 6.27. The quantitative estimate of drug-likeness (QED) is 0.242. The lowest BCUT2D eigenvalue weighted by Crippen LogP contribution is -2.33. The number of carbonyl (C=O) groups is 3. The van der Waals surface area contributed by atoms with Crippen molar-refractivity contribution in [3.05, 3.63) is 118 Å². The zero-order chi connectivity index (χ0) is 25.7. The van der Waals surface area contributed by atoms with E-state index in [1.807, 2.05) is 36.4 Å². The third-order valence-corrected chi connectivity index (χ3v) is 7.86. The zero-order valence-electron chi connectivity index (χ0n) is 20.1. The Morgan fingerprint density at radius 2 is 1.38 bits per heavy atom. The summed E-state index contributed by atoms with van der Waals surface area (Å²) in [7, 11) is 0. The summed E-state index contributed by atoms with van der Waals surface area (Å²) in [5.41, 5.74) is 4.81. The van der Waals surface area contributed by atoms with Crippen molar-refractivity contribution in [1.82, 2.24) is 0 Å². The summed E-state index contributed by atoms with van der Waals surface area (Å²) >= 11 is 6.22. The van der Waals surface area contributed by atoms with Gasteiger partial charge in [0.1, 0.15) is 0 Å². The smallest absolute Gasteiger partial charge is 0.339 e. The maximum Gasteiger partial charge on any atom is 0.339 e. The second kappa shape index (κ2) is 9.16. The van der Waals surface area contributed by atoms with Crippen molar-refractivity contribution in [3.63, 3.8) is 0 Å². The van der Waals surface area contributed by atoms with Crippen LogP contribution >= 0.6 is 11.6 Å². The van der Waals surface area contributed by atoms with Gasteiger partial charge >= 0.3 is 5.97 Å². The van der Waals surface area contributed by atoms with Crippen LogP contribution in [0.2, 0.25) is 5.02 Å². The van der Waals surface area contributed by atoms with E-state index in [0.717, 1.165) is 22.3 Å². The van der Waals surface area contributed by atoms with Crippen LogP contribution < -0.4 is 4.90 Å². The third kappa shape index (κ3) is 3.65. The van der Waals surface area contributed by atoms with E-state index in [1.54, 1.807) is 13.0 Å². The van der Waals surface area contributed by atoms with Gasteiger partial charge in [-0.3, -0.25) is 9.59 Å². The van der Waals surface area contributed by atoms with Crippen molar-refractivity contribution < 1.29 is 19.1 Å². The molecule has 2 bridgehead atoms. The molecule has 0 aromatic heterocycles. The number of nitrogens with zero attached hydrogens (tertiary/aromatic N) is 1. The first-order chi connectivity index (χ1) is 18.0. The number of halogens is 1. The molecule has 1 heterocycles. The standard InChI is InChI=1S/C31H24ClNO4/c1-2-37-31(36)23-17-20(13-16-24(23)32)33-29(34)27-21-14-15-22(28(27)30(33)35)26(21)25(18-9-5-3-6-10-18)19-11-7-4-8-12-19/h3-17,21-22,27-28H,2H2,1H3/t21-,22-,27+,28+/m1/s1. The third-order valence-electron chi connectivity index (χ3n) is 7.53. The molecule has 6 heteroatoms. The minimum Gasteiger partial charge on any atom is -0.462 e. The van der Waals surface area contributed by atoms with Crippen LogP contribution in [0.25, 0.3) is 5.57 Å². The van der Waals surface area contributed by atoms with Gasteiger partial charge in [-0.2, -0.15) is 0 Å². The Kier molecular flexibility index (Phi) is 5.81. The Morgan fingerprint density at radius 3 is 1.89 bits per heavy atom. The van der Waals surface area contributed by atoms with E-state index in [9.17, 15) is 14.4 Å². The normalized spacial score (nSPS) is 23.5. The molecule has 37 heavy (non-hydrogen) atoms. The zero-order valence-corrected chi connectivity index (χ0v) is 20.9. The highest BCUT2D eigenvalue weighted by molar-refractivity contribution is 6.34. The average molecular weight is 510 g/mol.